The van der Waals surface area contributed by atoms with Crippen LogP contribution in [0.25, 0.3) is 0 Å². The lowest BCUT2D eigenvalue weighted by molar-refractivity contribution is -0.0409. The molecule has 3 saturated carbocycles. The summed E-state index contributed by atoms with van der Waals surface area (Å²) in [6.07, 6.45) is 12.6. The van der Waals surface area contributed by atoms with Gasteiger partial charge in [0.15, 0.2) is 0 Å². The Labute approximate surface area is 91.5 Å². The Morgan fingerprint density at radius 3 is 1.57 bits per heavy atom. The van der Waals surface area contributed by atoms with Crippen molar-refractivity contribution in [3.8, 4) is 0 Å². The Morgan fingerprint density at radius 2 is 1.21 bits per heavy atom. The molecule has 0 saturated heterocycles. The highest BCUT2D eigenvalue weighted by molar-refractivity contribution is 5.05. The van der Waals surface area contributed by atoms with Crippen molar-refractivity contribution < 1.29 is 0 Å². The van der Waals surface area contributed by atoms with Crippen LogP contribution in [0.2, 0.25) is 0 Å². The van der Waals surface area contributed by atoms with E-state index in [9.17, 15) is 0 Å². The first-order valence-corrected chi connectivity index (χ1v) is 5.42. The number of hydrogen-bond acceptors (Lipinski definition) is 0. The minimum atomic E-state index is 0. The van der Waals surface area contributed by atoms with E-state index >= 15 is 0 Å². The van der Waals surface area contributed by atoms with Crippen LogP contribution in [0, 0.1) is 17.3 Å². The third kappa shape index (κ3) is 1.51. The lowest BCUT2D eigenvalue weighted by Gasteiger charge is -2.54. The Bertz CT molecular complexity index is 169. The van der Waals surface area contributed by atoms with E-state index < -0.39 is 0 Å². The van der Waals surface area contributed by atoms with E-state index in [1.165, 1.54) is 11.8 Å². The summed E-state index contributed by atoms with van der Waals surface area (Å²) in [5, 5.41) is 0. The van der Waals surface area contributed by atoms with Crippen LogP contribution in [0.3, 0.4) is 0 Å². The molecule has 14 heavy (non-hydrogen) atoms. The fourth-order valence-electron chi connectivity index (χ4n) is 3.88. The van der Waals surface area contributed by atoms with E-state index in [4.69, 9.17) is 0 Å². The molecule has 0 spiro atoms. The molecule has 0 heterocycles. The fraction of sp³-hybridized carbons (Fsp3) is 1.00. The van der Waals surface area contributed by atoms with E-state index in [1.807, 2.05) is 0 Å². The van der Waals surface area contributed by atoms with Crippen LogP contribution < -0.4 is 0 Å². The second-order valence-corrected chi connectivity index (χ2v) is 4.99. The van der Waals surface area contributed by atoms with Crippen molar-refractivity contribution in [3.05, 3.63) is 0 Å². The number of hydrogen-bond donors (Lipinski definition) is 0. The molecule has 0 radical (unpaired) electrons. The molecular weight excluding hydrogens is 168 g/mol. The molecule has 0 aliphatic heterocycles. The molecule has 0 nitrogen and oxygen atoms in total. The van der Waals surface area contributed by atoms with Crippen LogP contribution in [0.15, 0.2) is 0 Å². The van der Waals surface area contributed by atoms with Gasteiger partial charge in [-0.3, -0.25) is 0 Å². The molecule has 2 unspecified atom stereocenters. The van der Waals surface area contributed by atoms with Crippen LogP contribution in [-0.2, 0) is 0 Å². The molecule has 2 atom stereocenters. The van der Waals surface area contributed by atoms with E-state index in [0.717, 1.165) is 5.41 Å². The van der Waals surface area contributed by atoms with Gasteiger partial charge >= 0.3 is 0 Å². The molecule has 0 heteroatoms. The lowest BCUT2D eigenvalue weighted by Crippen LogP contribution is -2.45. The Hall–Kier alpha value is 0. The maximum absolute atomic E-state index is 1.60. The van der Waals surface area contributed by atoms with Crippen molar-refractivity contribution in [2.45, 2.75) is 73.6 Å². The molecule has 3 aliphatic rings. The maximum Gasteiger partial charge on any atom is -0.0241 e. The van der Waals surface area contributed by atoms with E-state index in [1.54, 1.807) is 51.4 Å². The van der Waals surface area contributed by atoms with Crippen LogP contribution >= 0.6 is 0 Å². The van der Waals surface area contributed by atoms with Crippen LogP contribution in [0.4, 0.5) is 0 Å². The predicted molar refractivity (Wildman–Crippen MR) is 66.5 cm³/mol. The third-order valence-corrected chi connectivity index (χ3v) is 4.88. The van der Waals surface area contributed by atoms with Gasteiger partial charge in [0.25, 0.3) is 0 Å². The number of fused-ring (bicyclic) bond motifs is 1. The zero-order valence-electron chi connectivity index (χ0n) is 7.31. The summed E-state index contributed by atoms with van der Waals surface area (Å²) >= 11 is 0. The van der Waals surface area contributed by atoms with Crippen molar-refractivity contribution in [3.63, 3.8) is 0 Å². The topological polar surface area (TPSA) is 0 Å². The van der Waals surface area contributed by atoms with Crippen molar-refractivity contribution in [2.75, 3.05) is 0 Å². The average Bonchev–Trinajstić information content (AvgIpc) is 2.10. The summed E-state index contributed by atoms with van der Waals surface area (Å²) < 4.78 is 0. The molecule has 0 aromatic heterocycles. The summed E-state index contributed by atoms with van der Waals surface area (Å²) in [6, 6.07) is 0. The summed E-state index contributed by atoms with van der Waals surface area (Å²) in [6.45, 7) is 0. The Morgan fingerprint density at radius 1 is 0.643 bits per heavy atom. The molecule has 0 N–H and O–H groups in total. The van der Waals surface area contributed by atoms with Gasteiger partial charge in [-0.1, -0.05) is 35.1 Å². The van der Waals surface area contributed by atoms with Gasteiger partial charge in [-0.15, -0.1) is 0 Å². The normalized spacial score (nSPS) is 39.0. The van der Waals surface area contributed by atoms with E-state index in [0.29, 0.717) is 0 Å². The minimum Gasteiger partial charge on any atom is -0.0776 e. The molecule has 3 rings (SSSR count). The zero-order chi connectivity index (χ0) is 7.31. The standard InChI is InChI=1S/C11H18.3CH4/c1-3-9(4-1)11-7-2-5-10(11)6-8-11;;;/h9-10H,1-8H2;3*1H4. The first-order valence-electron chi connectivity index (χ1n) is 5.42. The summed E-state index contributed by atoms with van der Waals surface area (Å²) in [5.74, 6) is 2.37. The summed E-state index contributed by atoms with van der Waals surface area (Å²) in [7, 11) is 0. The van der Waals surface area contributed by atoms with Gasteiger partial charge in [0.2, 0.25) is 0 Å². The first-order chi connectivity index (χ1) is 5.42. The smallest absolute Gasteiger partial charge is 0.0241 e. The molecule has 0 aromatic rings. The van der Waals surface area contributed by atoms with Gasteiger partial charge in [0, 0.05) is 0 Å². The molecule has 3 fully saturated rings. The second kappa shape index (κ2) is 4.68. The highest BCUT2D eigenvalue weighted by atomic mass is 14.6. The van der Waals surface area contributed by atoms with Gasteiger partial charge in [-0.05, 0) is 55.8 Å². The first kappa shape index (κ1) is 14.0. The Kier molecular flexibility index (Phi) is 4.68. The zero-order valence-corrected chi connectivity index (χ0v) is 7.31. The van der Waals surface area contributed by atoms with Gasteiger partial charge in [0.05, 0.1) is 0 Å². The highest BCUT2D eigenvalue weighted by Crippen LogP contribution is 2.65. The molecule has 0 bridgehead atoms. The monoisotopic (exact) mass is 198 g/mol. The summed E-state index contributed by atoms with van der Waals surface area (Å²) in [4.78, 5) is 0. The van der Waals surface area contributed by atoms with E-state index in [2.05, 4.69) is 0 Å². The number of rotatable bonds is 1. The molecule has 86 valence electrons. The van der Waals surface area contributed by atoms with Gasteiger partial charge in [-0.25, -0.2) is 0 Å². The van der Waals surface area contributed by atoms with Gasteiger partial charge in [-0.2, -0.15) is 0 Å². The average molecular weight is 198 g/mol. The third-order valence-electron chi connectivity index (χ3n) is 4.88. The minimum absolute atomic E-state index is 0. The van der Waals surface area contributed by atoms with Gasteiger partial charge < -0.3 is 0 Å². The van der Waals surface area contributed by atoms with Crippen molar-refractivity contribution in [2.24, 2.45) is 17.3 Å². The molecular formula is C14H30. The van der Waals surface area contributed by atoms with Crippen LogP contribution in [-0.4, -0.2) is 0 Å². The van der Waals surface area contributed by atoms with E-state index in [-0.39, 0.29) is 22.3 Å². The maximum atomic E-state index is 1.60. The highest BCUT2D eigenvalue weighted by Gasteiger charge is 2.54. The largest absolute Gasteiger partial charge is 0.0776 e. The Balaban J connectivity index is 0.000000563. The molecule has 0 aromatic carbocycles. The van der Waals surface area contributed by atoms with Crippen LogP contribution in [0.1, 0.15) is 73.6 Å². The SMILES string of the molecule is C.C.C.C1CC(C23CCCC2CC3)C1. The fourth-order valence-corrected chi connectivity index (χ4v) is 3.88. The van der Waals surface area contributed by atoms with Gasteiger partial charge in [0.1, 0.15) is 0 Å². The second-order valence-electron chi connectivity index (χ2n) is 4.99. The van der Waals surface area contributed by atoms with Crippen molar-refractivity contribution in [1.82, 2.24) is 0 Å². The van der Waals surface area contributed by atoms with Crippen LogP contribution in [0.5, 0.6) is 0 Å². The summed E-state index contributed by atoms with van der Waals surface area (Å²) in [5.41, 5.74) is 0.929. The lowest BCUT2D eigenvalue weighted by atomic mass is 9.51. The quantitative estimate of drug-likeness (QED) is 0.538. The van der Waals surface area contributed by atoms with Crippen molar-refractivity contribution >= 4 is 0 Å². The molecule has 3 aliphatic carbocycles. The molecule has 0 amide bonds. The van der Waals surface area contributed by atoms with Crippen molar-refractivity contribution in [1.29, 1.82) is 0 Å². The predicted octanol–water partition coefficient (Wildman–Crippen LogP) is 5.28.